The highest BCUT2D eigenvalue weighted by Crippen LogP contribution is 2.27. The van der Waals surface area contributed by atoms with Gasteiger partial charge in [-0.3, -0.25) is 0 Å². The number of rotatable bonds is 6. The molecule has 2 nitrogen and oxygen atoms in total. The Balaban J connectivity index is 2.76. The summed E-state index contributed by atoms with van der Waals surface area (Å²) in [5, 5.41) is 0. The fourth-order valence-electron chi connectivity index (χ4n) is 1.87. The molecule has 0 saturated heterocycles. The molecular weight excluding hydrogens is 255 g/mol. The zero-order valence-electron chi connectivity index (χ0n) is 11.2. The Morgan fingerprint density at radius 1 is 1.26 bits per heavy atom. The third kappa shape index (κ3) is 5.20. The molecule has 0 bridgehead atoms. The molecule has 1 aromatic carbocycles. The molecule has 0 radical (unpaired) electrons. The molecule has 0 aromatic heterocycles. The molecule has 0 aliphatic rings. The van der Waals surface area contributed by atoms with Crippen molar-refractivity contribution in [1.82, 2.24) is 0 Å². The van der Waals surface area contributed by atoms with Crippen LogP contribution in [-0.4, -0.2) is 18.8 Å². The lowest BCUT2D eigenvalue weighted by Gasteiger charge is -2.25. The van der Waals surface area contributed by atoms with E-state index in [1.807, 2.05) is 38.1 Å². The summed E-state index contributed by atoms with van der Waals surface area (Å²) < 4.78 is 41.9. The van der Waals surface area contributed by atoms with Gasteiger partial charge >= 0.3 is 6.18 Å². The van der Waals surface area contributed by atoms with Crippen molar-refractivity contribution in [2.75, 3.05) is 6.61 Å². The maximum absolute atomic E-state index is 12.2. The average Bonchev–Trinajstić information content (AvgIpc) is 2.34. The standard InChI is InChI=1S/C14H20F3NO/c1-3-12(18)13(19-9-8-14(15,16)17)11-7-5-4-6-10(11)2/h4-7,12-13H,3,8-9,18H2,1-2H3. The van der Waals surface area contributed by atoms with Crippen LogP contribution in [0.15, 0.2) is 24.3 Å². The molecule has 1 aromatic rings. The molecule has 19 heavy (non-hydrogen) atoms. The van der Waals surface area contributed by atoms with E-state index < -0.39 is 18.7 Å². The van der Waals surface area contributed by atoms with Crippen LogP contribution in [-0.2, 0) is 4.74 Å². The highest BCUT2D eigenvalue weighted by molar-refractivity contribution is 5.28. The summed E-state index contributed by atoms with van der Waals surface area (Å²) >= 11 is 0. The zero-order chi connectivity index (χ0) is 14.5. The van der Waals surface area contributed by atoms with Crippen LogP contribution in [0.3, 0.4) is 0 Å². The van der Waals surface area contributed by atoms with Crippen LogP contribution in [0.5, 0.6) is 0 Å². The fraction of sp³-hybridized carbons (Fsp3) is 0.571. The Bertz CT molecular complexity index is 393. The quantitative estimate of drug-likeness (QED) is 0.858. The molecule has 2 unspecified atom stereocenters. The van der Waals surface area contributed by atoms with Gasteiger partial charge in [-0.25, -0.2) is 0 Å². The summed E-state index contributed by atoms with van der Waals surface area (Å²) in [6, 6.07) is 7.16. The van der Waals surface area contributed by atoms with Crippen LogP contribution >= 0.6 is 0 Å². The summed E-state index contributed by atoms with van der Waals surface area (Å²) in [5.41, 5.74) is 7.80. The maximum Gasteiger partial charge on any atom is 0.391 e. The molecule has 2 N–H and O–H groups in total. The number of hydrogen-bond acceptors (Lipinski definition) is 2. The fourth-order valence-corrected chi connectivity index (χ4v) is 1.87. The lowest BCUT2D eigenvalue weighted by molar-refractivity contribution is -0.150. The SMILES string of the molecule is CCC(N)C(OCCC(F)(F)F)c1ccccc1C. The van der Waals surface area contributed by atoms with Crippen LogP contribution in [0.25, 0.3) is 0 Å². The number of ether oxygens (including phenoxy) is 1. The average molecular weight is 275 g/mol. The van der Waals surface area contributed by atoms with Gasteiger partial charge in [-0.05, 0) is 24.5 Å². The van der Waals surface area contributed by atoms with Crippen molar-refractivity contribution >= 4 is 0 Å². The minimum Gasteiger partial charge on any atom is -0.372 e. The second-order valence-corrected chi connectivity index (χ2v) is 4.59. The molecule has 0 amide bonds. The van der Waals surface area contributed by atoms with Crippen molar-refractivity contribution in [2.24, 2.45) is 5.73 Å². The van der Waals surface area contributed by atoms with Gasteiger partial charge in [0.1, 0.15) is 0 Å². The van der Waals surface area contributed by atoms with Crippen molar-refractivity contribution in [3.05, 3.63) is 35.4 Å². The van der Waals surface area contributed by atoms with Crippen LogP contribution in [0.2, 0.25) is 0 Å². The third-order valence-electron chi connectivity index (χ3n) is 3.04. The minimum atomic E-state index is -4.20. The monoisotopic (exact) mass is 275 g/mol. The van der Waals surface area contributed by atoms with Gasteiger partial charge in [0, 0.05) is 6.04 Å². The summed E-state index contributed by atoms with van der Waals surface area (Å²) in [6.45, 7) is 3.43. The van der Waals surface area contributed by atoms with E-state index in [2.05, 4.69) is 0 Å². The summed E-state index contributed by atoms with van der Waals surface area (Å²) in [5.74, 6) is 0. The first-order valence-corrected chi connectivity index (χ1v) is 6.34. The topological polar surface area (TPSA) is 35.2 Å². The molecule has 2 atom stereocenters. The first-order chi connectivity index (χ1) is 8.85. The van der Waals surface area contributed by atoms with Crippen molar-refractivity contribution < 1.29 is 17.9 Å². The van der Waals surface area contributed by atoms with E-state index >= 15 is 0 Å². The normalized spacial score (nSPS) is 15.3. The third-order valence-corrected chi connectivity index (χ3v) is 3.04. The molecule has 108 valence electrons. The molecule has 0 spiro atoms. The predicted molar refractivity (Wildman–Crippen MR) is 68.8 cm³/mol. The number of hydrogen-bond donors (Lipinski definition) is 1. The van der Waals surface area contributed by atoms with Crippen molar-refractivity contribution in [2.45, 2.75) is 45.0 Å². The maximum atomic E-state index is 12.2. The zero-order valence-corrected chi connectivity index (χ0v) is 11.2. The molecule has 0 fully saturated rings. The second kappa shape index (κ2) is 6.91. The van der Waals surface area contributed by atoms with Crippen molar-refractivity contribution in [3.8, 4) is 0 Å². The Morgan fingerprint density at radius 3 is 2.42 bits per heavy atom. The predicted octanol–water partition coefficient (Wildman–Crippen LogP) is 3.74. The van der Waals surface area contributed by atoms with Crippen LogP contribution in [0.1, 0.15) is 37.0 Å². The smallest absolute Gasteiger partial charge is 0.372 e. The lowest BCUT2D eigenvalue weighted by Crippen LogP contribution is -2.31. The van der Waals surface area contributed by atoms with E-state index in [-0.39, 0.29) is 12.6 Å². The number of halogens is 3. The first-order valence-electron chi connectivity index (χ1n) is 6.34. The Labute approximate surface area is 111 Å². The van der Waals surface area contributed by atoms with Gasteiger partial charge in [0.2, 0.25) is 0 Å². The summed E-state index contributed by atoms with van der Waals surface area (Å²) in [7, 11) is 0. The Hall–Kier alpha value is -1.07. The van der Waals surface area contributed by atoms with E-state index in [1.54, 1.807) is 0 Å². The van der Waals surface area contributed by atoms with E-state index in [9.17, 15) is 13.2 Å². The molecule has 5 heteroatoms. The number of nitrogens with two attached hydrogens (primary N) is 1. The summed E-state index contributed by atoms with van der Waals surface area (Å²) in [4.78, 5) is 0. The van der Waals surface area contributed by atoms with Gasteiger partial charge in [-0.15, -0.1) is 0 Å². The van der Waals surface area contributed by atoms with Crippen molar-refractivity contribution in [1.29, 1.82) is 0 Å². The van der Waals surface area contributed by atoms with Gasteiger partial charge in [-0.1, -0.05) is 31.2 Å². The van der Waals surface area contributed by atoms with Crippen LogP contribution in [0.4, 0.5) is 13.2 Å². The highest BCUT2D eigenvalue weighted by Gasteiger charge is 2.28. The minimum absolute atomic E-state index is 0.311. The van der Waals surface area contributed by atoms with Crippen LogP contribution in [0, 0.1) is 6.92 Å². The van der Waals surface area contributed by atoms with E-state index in [0.29, 0.717) is 6.42 Å². The Morgan fingerprint density at radius 2 is 1.89 bits per heavy atom. The molecule has 0 aliphatic heterocycles. The second-order valence-electron chi connectivity index (χ2n) is 4.59. The van der Waals surface area contributed by atoms with Gasteiger partial charge in [0.25, 0.3) is 0 Å². The van der Waals surface area contributed by atoms with E-state index in [0.717, 1.165) is 11.1 Å². The van der Waals surface area contributed by atoms with E-state index in [1.165, 1.54) is 0 Å². The van der Waals surface area contributed by atoms with Crippen molar-refractivity contribution in [3.63, 3.8) is 0 Å². The van der Waals surface area contributed by atoms with Gasteiger partial charge in [-0.2, -0.15) is 13.2 Å². The highest BCUT2D eigenvalue weighted by atomic mass is 19.4. The van der Waals surface area contributed by atoms with Gasteiger partial charge in [0.05, 0.1) is 19.1 Å². The lowest BCUT2D eigenvalue weighted by atomic mass is 9.97. The van der Waals surface area contributed by atoms with Gasteiger partial charge < -0.3 is 10.5 Å². The summed E-state index contributed by atoms with van der Waals surface area (Å²) in [6.07, 6.45) is -5.00. The first kappa shape index (κ1) is 16.0. The number of benzene rings is 1. The van der Waals surface area contributed by atoms with Gasteiger partial charge in [0.15, 0.2) is 0 Å². The Kier molecular flexibility index (Phi) is 5.82. The van der Waals surface area contributed by atoms with E-state index in [4.69, 9.17) is 10.5 Å². The molecule has 1 rings (SSSR count). The molecule has 0 aliphatic carbocycles. The largest absolute Gasteiger partial charge is 0.391 e. The molecular formula is C14H20F3NO. The van der Waals surface area contributed by atoms with Crippen LogP contribution < -0.4 is 5.73 Å². The number of aryl methyl sites for hydroxylation is 1. The number of alkyl halides is 3. The molecule has 0 saturated carbocycles. The molecule has 0 heterocycles.